The van der Waals surface area contributed by atoms with Crippen LogP contribution in [0.4, 0.5) is 0 Å². The van der Waals surface area contributed by atoms with Gasteiger partial charge in [-0.25, -0.2) is 0 Å². The van der Waals surface area contributed by atoms with Gasteiger partial charge < -0.3 is 15.2 Å². The van der Waals surface area contributed by atoms with Crippen LogP contribution in [-0.4, -0.2) is 30.1 Å². The summed E-state index contributed by atoms with van der Waals surface area (Å²) < 4.78 is 2.24. The number of fused-ring (bicyclic) bond motifs is 1. The molecule has 1 fully saturated rings. The predicted octanol–water partition coefficient (Wildman–Crippen LogP) is 1.37. The lowest BCUT2D eigenvalue weighted by Crippen LogP contribution is -2.50. The molecule has 1 amide bonds. The van der Waals surface area contributed by atoms with E-state index in [1.807, 2.05) is 0 Å². The lowest BCUT2D eigenvalue weighted by Gasteiger charge is -2.25. The molecule has 19 heavy (non-hydrogen) atoms. The maximum absolute atomic E-state index is 11.6. The van der Waals surface area contributed by atoms with E-state index >= 15 is 0 Å². The van der Waals surface area contributed by atoms with Crippen molar-refractivity contribution in [2.45, 2.75) is 13.0 Å². The van der Waals surface area contributed by atoms with Crippen LogP contribution in [-0.2, 0) is 11.3 Å². The van der Waals surface area contributed by atoms with Crippen molar-refractivity contribution in [3.8, 4) is 0 Å². The first-order valence-electron chi connectivity index (χ1n) is 6.87. The van der Waals surface area contributed by atoms with Crippen molar-refractivity contribution in [2.24, 2.45) is 5.92 Å². The first-order chi connectivity index (χ1) is 9.34. The van der Waals surface area contributed by atoms with Crippen molar-refractivity contribution in [1.29, 1.82) is 0 Å². The third-order valence-electron chi connectivity index (χ3n) is 3.71. The van der Waals surface area contributed by atoms with Gasteiger partial charge in [-0.3, -0.25) is 4.79 Å². The third-order valence-corrected chi connectivity index (χ3v) is 3.71. The Morgan fingerprint density at radius 2 is 2.16 bits per heavy atom. The second-order valence-corrected chi connectivity index (χ2v) is 5.07. The van der Waals surface area contributed by atoms with E-state index in [9.17, 15) is 4.79 Å². The van der Waals surface area contributed by atoms with Crippen LogP contribution in [0.15, 0.2) is 36.5 Å². The van der Waals surface area contributed by atoms with Crippen LogP contribution in [0.25, 0.3) is 10.9 Å². The van der Waals surface area contributed by atoms with Crippen molar-refractivity contribution in [2.75, 3.05) is 19.6 Å². The average molecular weight is 257 g/mol. The van der Waals surface area contributed by atoms with Gasteiger partial charge >= 0.3 is 0 Å². The van der Waals surface area contributed by atoms with Crippen LogP contribution in [0.3, 0.4) is 0 Å². The summed E-state index contributed by atoms with van der Waals surface area (Å²) in [5, 5.41) is 7.38. The molecule has 0 aliphatic carbocycles. The fourth-order valence-electron chi connectivity index (χ4n) is 2.41. The minimum Gasteiger partial charge on any atom is -0.356 e. The van der Waals surface area contributed by atoms with Gasteiger partial charge in [-0.05, 0) is 23.9 Å². The molecule has 1 aromatic carbocycles. The molecular weight excluding hydrogens is 238 g/mol. The van der Waals surface area contributed by atoms with E-state index in [0.29, 0.717) is 0 Å². The van der Waals surface area contributed by atoms with Crippen LogP contribution >= 0.6 is 0 Å². The number of amides is 1. The number of hydrogen-bond donors (Lipinski definition) is 2. The molecule has 0 radical (unpaired) electrons. The number of carbonyl (C=O) groups excluding carboxylic acids is 1. The highest BCUT2D eigenvalue weighted by atomic mass is 16.2. The van der Waals surface area contributed by atoms with Crippen molar-refractivity contribution < 1.29 is 4.79 Å². The quantitative estimate of drug-likeness (QED) is 0.795. The summed E-state index contributed by atoms with van der Waals surface area (Å²) in [4.78, 5) is 11.6. The Bertz CT molecular complexity index is 572. The molecule has 0 bridgehead atoms. The zero-order valence-corrected chi connectivity index (χ0v) is 10.9. The van der Waals surface area contributed by atoms with Gasteiger partial charge in [0.25, 0.3) is 0 Å². The molecule has 2 aromatic rings. The monoisotopic (exact) mass is 257 g/mol. The number of nitrogens with one attached hydrogen (secondary N) is 2. The van der Waals surface area contributed by atoms with Gasteiger partial charge in [-0.15, -0.1) is 0 Å². The van der Waals surface area contributed by atoms with Crippen LogP contribution in [0.5, 0.6) is 0 Å². The Kier molecular flexibility index (Phi) is 3.51. The molecule has 4 nitrogen and oxygen atoms in total. The number of aryl methyl sites for hydroxylation is 1. The van der Waals surface area contributed by atoms with Crippen molar-refractivity contribution in [3.63, 3.8) is 0 Å². The van der Waals surface area contributed by atoms with Crippen LogP contribution < -0.4 is 10.6 Å². The molecule has 2 heterocycles. The summed E-state index contributed by atoms with van der Waals surface area (Å²) in [5.41, 5.74) is 1.26. The number of nitrogens with zero attached hydrogens (tertiary/aromatic N) is 1. The number of hydrogen-bond acceptors (Lipinski definition) is 2. The second-order valence-electron chi connectivity index (χ2n) is 5.07. The maximum Gasteiger partial charge on any atom is 0.225 e. The SMILES string of the molecule is O=C(NCCCn1ccc2ccccc21)C1CNC1. The normalized spacial score (nSPS) is 15.4. The lowest BCUT2D eigenvalue weighted by atomic mass is 10.0. The predicted molar refractivity (Wildman–Crippen MR) is 75.9 cm³/mol. The van der Waals surface area contributed by atoms with E-state index in [1.165, 1.54) is 10.9 Å². The summed E-state index contributed by atoms with van der Waals surface area (Å²) in [7, 11) is 0. The number of benzene rings is 1. The van der Waals surface area contributed by atoms with Gasteiger partial charge in [0, 0.05) is 37.9 Å². The zero-order valence-electron chi connectivity index (χ0n) is 10.9. The highest BCUT2D eigenvalue weighted by molar-refractivity contribution is 5.80. The molecule has 1 saturated heterocycles. The fourth-order valence-corrected chi connectivity index (χ4v) is 2.41. The van der Waals surface area contributed by atoms with Gasteiger partial charge in [-0.2, -0.15) is 0 Å². The summed E-state index contributed by atoms with van der Waals surface area (Å²) in [6, 6.07) is 10.5. The molecule has 1 aliphatic heterocycles. The Morgan fingerprint density at radius 1 is 1.32 bits per heavy atom. The van der Waals surface area contributed by atoms with Crippen molar-refractivity contribution >= 4 is 16.8 Å². The molecule has 0 atom stereocenters. The molecule has 0 saturated carbocycles. The molecular formula is C15H19N3O. The summed E-state index contributed by atoms with van der Waals surface area (Å²) in [6.45, 7) is 3.35. The first kappa shape index (κ1) is 12.2. The molecule has 1 aromatic heterocycles. The molecule has 3 rings (SSSR count). The lowest BCUT2D eigenvalue weighted by molar-refractivity contribution is -0.126. The van der Waals surface area contributed by atoms with E-state index in [0.717, 1.165) is 32.6 Å². The van der Waals surface area contributed by atoms with Crippen LogP contribution in [0, 0.1) is 5.92 Å². The highest BCUT2D eigenvalue weighted by Gasteiger charge is 2.23. The number of aromatic nitrogens is 1. The summed E-state index contributed by atoms with van der Waals surface area (Å²) in [6.07, 6.45) is 3.08. The van der Waals surface area contributed by atoms with E-state index in [-0.39, 0.29) is 11.8 Å². The fraction of sp³-hybridized carbons (Fsp3) is 0.400. The Morgan fingerprint density at radius 3 is 2.95 bits per heavy atom. The smallest absolute Gasteiger partial charge is 0.225 e. The van der Waals surface area contributed by atoms with Crippen LogP contribution in [0.2, 0.25) is 0 Å². The number of rotatable bonds is 5. The van der Waals surface area contributed by atoms with Gasteiger partial charge in [0.2, 0.25) is 5.91 Å². The van der Waals surface area contributed by atoms with Crippen LogP contribution in [0.1, 0.15) is 6.42 Å². The molecule has 0 spiro atoms. The highest BCUT2D eigenvalue weighted by Crippen LogP contribution is 2.15. The Balaban J connectivity index is 1.48. The van der Waals surface area contributed by atoms with Gasteiger partial charge in [0.1, 0.15) is 0 Å². The second kappa shape index (κ2) is 5.45. The van der Waals surface area contributed by atoms with E-state index in [1.54, 1.807) is 0 Å². The van der Waals surface area contributed by atoms with Gasteiger partial charge in [-0.1, -0.05) is 18.2 Å². The molecule has 4 heteroatoms. The Hall–Kier alpha value is -1.81. The number of carbonyl (C=O) groups is 1. The third kappa shape index (κ3) is 2.63. The van der Waals surface area contributed by atoms with E-state index in [2.05, 4.69) is 51.7 Å². The van der Waals surface area contributed by atoms with E-state index < -0.39 is 0 Å². The van der Waals surface area contributed by atoms with Gasteiger partial charge in [0.15, 0.2) is 0 Å². The minimum absolute atomic E-state index is 0.187. The minimum atomic E-state index is 0.187. The molecule has 0 unspecified atom stereocenters. The summed E-state index contributed by atoms with van der Waals surface area (Å²) in [5.74, 6) is 0.378. The maximum atomic E-state index is 11.6. The van der Waals surface area contributed by atoms with E-state index in [4.69, 9.17) is 0 Å². The Labute approximate surface area is 112 Å². The largest absolute Gasteiger partial charge is 0.356 e. The topological polar surface area (TPSA) is 46.1 Å². The average Bonchev–Trinajstić information content (AvgIpc) is 2.76. The zero-order chi connectivity index (χ0) is 13.1. The molecule has 100 valence electrons. The molecule has 2 N–H and O–H groups in total. The van der Waals surface area contributed by atoms with Gasteiger partial charge in [0.05, 0.1) is 5.92 Å². The first-order valence-corrected chi connectivity index (χ1v) is 6.87. The number of para-hydroxylation sites is 1. The standard InChI is InChI=1S/C15H19N3O/c19-15(13-10-16-11-13)17-7-3-8-18-9-6-12-4-1-2-5-14(12)18/h1-2,4-6,9,13,16H,3,7-8,10-11H2,(H,17,19). The summed E-state index contributed by atoms with van der Waals surface area (Å²) >= 11 is 0. The molecule has 1 aliphatic rings. The van der Waals surface area contributed by atoms with Crippen molar-refractivity contribution in [1.82, 2.24) is 15.2 Å². The van der Waals surface area contributed by atoms with Crippen molar-refractivity contribution in [3.05, 3.63) is 36.5 Å².